The van der Waals surface area contributed by atoms with Gasteiger partial charge in [0, 0.05) is 52.6 Å². The van der Waals surface area contributed by atoms with Crippen LogP contribution in [0.15, 0.2) is 84.9 Å². The van der Waals surface area contributed by atoms with Crippen LogP contribution >= 0.6 is 0 Å². The van der Waals surface area contributed by atoms with E-state index in [-0.39, 0.29) is 17.7 Å². The van der Waals surface area contributed by atoms with Gasteiger partial charge in [0.2, 0.25) is 11.8 Å². The number of fused-ring (bicyclic) bond motifs is 1. The maximum atomic E-state index is 14.5. The number of hydrazine groups is 1. The molecule has 8 nitrogen and oxygen atoms in total. The van der Waals surface area contributed by atoms with E-state index in [9.17, 15) is 14.4 Å². The predicted octanol–water partition coefficient (Wildman–Crippen LogP) is 4.82. The highest BCUT2D eigenvalue weighted by Crippen LogP contribution is 2.21. The van der Waals surface area contributed by atoms with Gasteiger partial charge in [-0.25, -0.2) is 5.01 Å². The summed E-state index contributed by atoms with van der Waals surface area (Å²) in [5, 5.41) is 5.94. The maximum Gasteiger partial charge on any atom is 0.259 e. The highest BCUT2D eigenvalue weighted by molar-refractivity contribution is 5.95. The number of hydrogen-bond donors (Lipinski definition) is 1. The van der Waals surface area contributed by atoms with Crippen molar-refractivity contribution in [3.63, 3.8) is 0 Å². The zero-order chi connectivity index (χ0) is 32.6. The van der Waals surface area contributed by atoms with Crippen LogP contribution in [0.1, 0.15) is 50.7 Å². The van der Waals surface area contributed by atoms with Crippen molar-refractivity contribution < 1.29 is 14.4 Å². The maximum absolute atomic E-state index is 14.5. The molecular formula is C37H49N5O3. The second-order valence-corrected chi connectivity index (χ2v) is 13.0. The molecule has 1 saturated heterocycles. The molecule has 4 rings (SSSR count). The van der Waals surface area contributed by atoms with E-state index in [0.717, 1.165) is 54.3 Å². The molecule has 0 bridgehead atoms. The Balaban J connectivity index is 1.66. The molecule has 0 saturated carbocycles. The van der Waals surface area contributed by atoms with Crippen molar-refractivity contribution in [1.29, 1.82) is 0 Å². The quantitative estimate of drug-likeness (QED) is 0.297. The van der Waals surface area contributed by atoms with Crippen molar-refractivity contribution in [3.8, 4) is 0 Å². The molecule has 3 amide bonds. The molecule has 240 valence electrons. The van der Waals surface area contributed by atoms with Gasteiger partial charge in [0.25, 0.3) is 5.91 Å². The lowest BCUT2D eigenvalue weighted by molar-refractivity contribution is -0.158. The summed E-state index contributed by atoms with van der Waals surface area (Å²) in [6.07, 6.45) is 7.66. The molecule has 1 aliphatic rings. The minimum absolute atomic E-state index is 0.139. The molecule has 1 fully saturated rings. The molecule has 3 aromatic rings. The number of piperidine rings is 1. The lowest BCUT2D eigenvalue weighted by Crippen LogP contribution is -2.58. The molecule has 2 N–H and O–H groups in total. The van der Waals surface area contributed by atoms with Crippen LogP contribution in [-0.4, -0.2) is 89.4 Å². The normalized spacial score (nSPS) is 15.5. The summed E-state index contributed by atoms with van der Waals surface area (Å²) in [7, 11) is 5.15. The average molecular weight is 612 g/mol. The molecule has 1 aliphatic heterocycles. The van der Waals surface area contributed by atoms with Crippen LogP contribution < -0.4 is 5.73 Å². The Morgan fingerprint density at radius 1 is 0.778 bits per heavy atom. The predicted molar refractivity (Wildman–Crippen MR) is 181 cm³/mol. The standard InChI is InChI=1S/C37H49N5O3/c1-37(2,38)22-14-19-34(43)39(3)32(27-29-20-21-30-17-10-11-18-31(30)25-29)35(44)40(4)33(26-28-15-8-6-9-16-28)36(45)41(5)42-23-12-7-13-24-42/h6,8-11,14-21,25,32-33H,7,12-13,22-24,26-27,38H2,1-5H3/t32-,33-/m1/s1. The Kier molecular flexibility index (Phi) is 11.5. The first-order valence-corrected chi connectivity index (χ1v) is 16.0. The highest BCUT2D eigenvalue weighted by atomic mass is 16.2. The summed E-state index contributed by atoms with van der Waals surface area (Å²) >= 11 is 0. The fraction of sp³-hybridized carbons (Fsp3) is 0.432. The topological polar surface area (TPSA) is 90.2 Å². The van der Waals surface area contributed by atoms with Crippen LogP contribution in [0.4, 0.5) is 0 Å². The van der Waals surface area contributed by atoms with E-state index in [2.05, 4.69) is 11.1 Å². The van der Waals surface area contributed by atoms with Crippen molar-refractivity contribution in [2.45, 2.75) is 70.0 Å². The van der Waals surface area contributed by atoms with Crippen molar-refractivity contribution in [2.24, 2.45) is 5.73 Å². The SMILES string of the molecule is CN(C(=O)C=CCC(C)(C)N)[C@H](Cc1ccc2ccccc2c1)C(=O)N(C)[C@H](Cc1ccccc1)C(=O)N(C)N1CCCCC1. The van der Waals surface area contributed by atoms with Gasteiger partial charge in [0.15, 0.2) is 0 Å². The number of carbonyl (C=O) groups is 3. The molecule has 0 aliphatic carbocycles. The minimum Gasteiger partial charge on any atom is -0.332 e. The number of nitrogens with zero attached hydrogens (tertiary/aromatic N) is 4. The molecule has 0 spiro atoms. The summed E-state index contributed by atoms with van der Waals surface area (Å²) < 4.78 is 0. The molecule has 1 heterocycles. The molecule has 0 unspecified atom stereocenters. The van der Waals surface area contributed by atoms with Crippen LogP contribution in [-0.2, 0) is 27.2 Å². The summed E-state index contributed by atoms with van der Waals surface area (Å²) in [6, 6.07) is 22.4. The van der Waals surface area contributed by atoms with E-state index >= 15 is 0 Å². The van der Waals surface area contributed by atoms with Crippen molar-refractivity contribution in [1.82, 2.24) is 19.8 Å². The highest BCUT2D eigenvalue weighted by Gasteiger charge is 2.37. The molecule has 0 aromatic heterocycles. The van der Waals surface area contributed by atoms with E-state index in [0.29, 0.717) is 19.3 Å². The summed E-state index contributed by atoms with van der Waals surface area (Å²) in [6.45, 7) is 5.42. The molecule has 3 aromatic carbocycles. The largest absolute Gasteiger partial charge is 0.332 e. The Morgan fingerprint density at radius 2 is 1.38 bits per heavy atom. The number of carbonyl (C=O) groups excluding carboxylic acids is 3. The van der Waals surface area contributed by atoms with Crippen LogP contribution in [0.2, 0.25) is 0 Å². The first kappa shape index (κ1) is 33.9. The monoisotopic (exact) mass is 611 g/mol. The van der Waals surface area contributed by atoms with E-state index in [4.69, 9.17) is 5.73 Å². The van der Waals surface area contributed by atoms with Gasteiger partial charge in [-0.3, -0.25) is 19.4 Å². The van der Waals surface area contributed by atoms with Crippen LogP contribution in [0.25, 0.3) is 10.8 Å². The Bertz CT molecular complexity index is 1480. The minimum atomic E-state index is -0.828. The Morgan fingerprint density at radius 3 is 2.04 bits per heavy atom. The van der Waals surface area contributed by atoms with Crippen molar-refractivity contribution in [2.75, 3.05) is 34.2 Å². The number of rotatable bonds is 12. The molecular weight excluding hydrogens is 562 g/mol. The van der Waals surface area contributed by atoms with Crippen LogP contribution in [0, 0.1) is 0 Å². The first-order valence-electron chi connectivity index (χ1n) is 16.0. The van der Waals surface area contributed by atoms with Gasteiger partial charge < -0.3 is 15.5 Å². The van der Waals surface area contributed by atoms with Gasteiger partial charge in [0.1, 0.15) is 12.1 Å². The summed E-state index contributed by atoms with van der Waals surface area (Å²) in [5.74, 6) is -0.712. The van der Waals surface area contributed by atoms with E-state index < -0.39 is 17.6 Å². The van der Waals surface area contributed by atoms with Gasteiger partial charge >= 0.3 is 0 Å². The van der Waals surface area contributed by atoms with Crippen LogP contribution in [0.3, 0.4) is 0 Å². The van der Waals surface area contributed by atoms with Crippen molar-refractivity contribution in [3.05, 3.63) is 96.1 Å². The zero-order valence-corrected chi connectivity index (χ0v) is 27.5. The molecule has 8 heteroatoms. The first-order chi connectivity index (χ1) is 21.4. The number of hydrogen-bond acceptors (Lipinski definition) is 5. The van der Waals surface area contributed by atoms with E-state index in [1.54, 1.807) is 37.1 Å². The Labute approximate surface area is 268 Å². The second-order valence-electron chi connectivity index (χ2n) is 13.0. The fourth-order valence-corrected chi connectivity index (χ4v) is 5.86. The summed E-state index contributed by atoms with van der Waals surface area (Å²) in [5.41, 5.74) is 7.56. The molecule has 0 radical (unpaired) electrons. The number of benzene rings is 3. The molecule has 45 heavy (non-hydrogen) atoms. The van der Waals surface area contributed by atoms with Gasteiger partial charge in [-0.1, -0.05) is 85.3 Å². The van der Waals surface area contributed by atoms with Gasteiger partial charge in [0.05, 0.1) is 0 Å². The van der Waals surface area contributed by atoms with Gasteiger partial charge in [-0.05, 0) is 61.1 Å². The van der Waals surface area contributed by atoms with Gasteiger partial charge in [-0.15, -0.1) is 0 Å². The number of likely N-dealkylation sites (N-methyl/N-ethyl adjacent to an activating group) is 3. The third-order valence-corrected chi connectivity index (χ3v) is 8.70. The van der Waals surface area contributed by atoms with Crippen molar-refractivity contribution >= 4 is 28.5 Å². The van der Waals surface area contributed by atoms with Gasteiger partial charge in [-0.2, -0.15) is 0 Å². The number of amides is 3. The van der Waals surface area contributed by atoms with E-state index in [1.165, 1.54) is 11.0 Å². The summed E-state index contributed by atoms with van der Waals surface area (Å²) in [4.78, 5) is 45.2. The number of nitrogens with two attached hydrogens (primary N) is 1. The third-order valence-electron chi connectivity index (χ3n) is 8.70. The molecule has 2 atom stereocenters. The zero-order valence-electron chi connectivity index (χ0n) is 27.5. The lowest BCUT2D eigenvalue weighted by atomic mass is 9.98. The average Bonchev–Trinajstić information content (AvgIpc) is 3.04. The van der Waals surface area contributed by atoms with Crippen LogP contribution in [0.5, 0.6) is 0 Å². The smallest absolute Gasteiger partial charge is 0.259 e. The Hall–Kier alpha value is -4.01. The lowest BCUT2D eigenvalue weighted by Gasteiger charge is -2.40. The third kappa shape index (κ3) is 9.25. The second kappa shape index (κ2) is 15.3. The van der Waals surface area contributed by atoms with E-state index in [1.807, 2.05) is 80.6 Å². The fourth-order valence-electron chi connectivity index (χ4n) is 5.86.